The van der Waals surface area contributed by atoms with E-state index in [4.69, 9.17) is 41.9 Å². The molecule has 1 saturated heterocycles. The van der Waals surface area contributed by atoms with Crippen LogP contribution in [-0.2, 0) is 23.7 Å². The molecule has 1 aliphatic carbocycles. The van der Waals surface area contributed by atoms with Crippen LogP contribution in [0.25, 0.3) is 0 Å². The normalized spacial score (nSPS) is 39.0. The highest BCUT2D eigenvalue weighted by molar-refractivity contribution is 5.83. The predicted molar refractivity (Wildman–Crippen MR) is 156 cm³/mol. The molecule has 3 aliphatic rings. The average molecular weight is 618 g/mol. The fourth-order valence-electron chi connectivity index (χ4n) is 5.81. The van der Waals surface area contributed by atoms with Crippen LogP contribution in [0.15, 0.2) is 16.8 Å². The van der Waals surface area contributed by atoms with Crippen molar-refractivity contribution < 1.29 is 44.2 Å². The first-order valence-corrected chi connectivity index (χ1v) is 14.8. The molecule has 3 rings (SSSR count). The molecule has 0 bridgehead atoms. The molecule has 16 nitrogen and oxygen atoms in total. The van der Waals surface area contributed by atoms with Crippen molar-refractivity contribution in [1.29, 1.82) is 0 Å². The Kier molecular flexibility index (Phi) is 13.1. The van der Waals surface area contributed by atoms with Crippen LogP contribution >= 0.6 is 0 Å². The third kappa shape index (κ3) is 9.27. The number of nitrogens with two attached hydrogens (primary N) is 4. The fourth-order valence-corrected chi connectivity index (χ4v) is 5.81. The summed E-state index contributed by atoms with van der Waals surface area (Å²) < 4.78 is 24.0. The van der Waals surface area contributed by atoms with E-state index in [0.717, 1.165) is 6.54 Å². The summed E-state index contributed by atoms with van der Waals surface area (Å²) in [6, 6.07) is -2.09. The van der Waals surface area contributed by atoms with Crippen LogP contribution in [0.4, 0.5) is 0 Å². The molecule has 2 heterocycles. The van der Waals surface area contributed by atoms with Crippen LogP contribution in [0.1, 0.15) is 39.5 Å². The van der Waals surface area contributed by atoms with Gasteiger partial charge in [-0.1, -0.05) is 6.92 Å². The maximum Gasteiger partial charge on any atom is 0.215 e. The van der Waals surface area contributed by atoms with Crippen molar-refractivity contribution in [3.63, 3.8) is 0 Å². The van der Waals surface area contributed by atoms with E-state index in [1.165, 1.54) is 6.92 Å². The second kappa shape index (κ2) is 15.9. The Bertz CT molecular complexity index is 967. The van der Waals surface area contributed by atoms with Gasteiger partial charge in [0, 0.05) is 25.4 Å². The lowest BCUT2D eigenvalue weighted by Gasteiger charge is -2.48. The zero-order valence-electron chi connectivity index (χ0n) is 25.2. The molecule has 0 spiro atoms. The standard InChI is InChI=1S/C27H51N7O9/c1-4-33-11-14-5-6-15(28)24(41-14)43-22-16(29)9-13(10-18(36)17(35)7-8-34-26(30)31)21(19(22)37)42-25-20(38)23(32-3)27(2,39)12-40-25/h5,13,15-17,19-25,32-33,35,37-39H,4,6-12,28-29H2,1-3H3,(H4,30,31,34)/t13-,15+,16-,17-,19+,20+,21-,22?,23+,24+,25+,27-/m0/s1. The molecule has 16 heteroatoms. The molecule has 0 aromatic heterocycles. The van der Waals surface area contributed by atoms with Crippen molar-refractivity contribution in [2.75, 3.05) is 33.3 Å². The van der Waals surface area contributed by atoms with Gasteiger partial charge in [0.05, 0.1) is 31.3 Å². The number of carbonyl (C=O) groups is 1. The maximum absolute atomic E-state index is 13.0. The van der Waals surface area contributed by atoms with E-state index in [1.54, 1.807) is 7.05 Å². The smallest absolute Gasteiger partial charge is 0.215 e. The first-order chi connectivity index (χ1) is 20.3. The highest BCUT2D eigenvalue weighted by Gasteiger charge is 2.51. The van der Waals surface area contributed by atoms with Crippen molar-refractivity contribution >= 4 is 11.7 Å². The molecule has 2 aliphatic heterocycles. The minimum atomic E-state index is -1.40. The Morgan fingerprint density at radius 2 is 1.88 bits per heavy atom. The van der Waals surface area contributed by atoms with Gasteiger partial charge in [0.25, 0.3) is 0 Å². The molecule has 1 saturated carbocycles. The molecular formula is C27H51N7O9. The number of aliphatic hydroxyl groups is 4. The predicted octanol–water partition coefficient (Wildman–Crippen LogP) is -3.93. The van der Waals surface area contributed by atoms with E-state index in [2.05, 4.69) is 15.6 Å². The van der Waals surface area contributed by atoms with Crippen LogP contribution in [0.2, 0.25) is 0 Å². The van der Waals surface area contributed by atoms with Gasteiger partial charge < -0.3 is 72.9 Å². The van der Waals surface area contributed by atoms with Crippen LogP contribution in [-0.4, -0.2) is 132 Å². The molecular weight excluding hydrogens is 566 g/mol. The van der Waals surface area contributed by atoms with Crippen LogP contribution in [0.5, 0.6) is 0 Å². The van der Waals surface area contributed by atoms with E-state index in [-0.39, 0.29) is 38.4 Å². The number of nitrogens with zero attached hydrogens (tertiary/aromatic N) is 1. The van der Waals surface area contributed by atoms with E-state index in [0.29, 0.717) is 18.7 Å². The molecule has 0 amide bonds. The minimum absolute atomic E-state index is 0.00164. The highest BCUT2D eigenvalue weighted by atomic mass is 16.7. The molecule has 12 atom stereocenters. The van der Waals surface area contributed by atoms with E-state index in [9.17, 15) is 25.2 Å². The molecule has 0 radical (unpaired) electrons. The zero-order chi connectivity index (χ0) is 31.9. The number of likely N-dealkylation sites (N-methyl/N-ethyl adjacent to an activating group) is 2. The number of nitrogens with one attached hydrogen (secondary N) is 2. The van der Waals surface area contributed by atoms with Crippen LogP contribution in [0, 0.1) is 5.92 Å². The first kappa shape index (κ1) is 35.5. The van der Waals surface area contributed by atoms with Gasteiger partial charge in [-0.15, -0.1) is 0 Å². The summed E-state index contributed by atoms with van der Waals surface area (Å²) >= 11 is 0. The lowest BCUT2D eigenvalue weighted by Crippen LogP contribution is -2.67. The minimum Gasteiger partial charge on any atom is -0.467 e. The lowest BCUT2D eigenvalue weighted by molar-refractivity contribution is -0.308. The lowest BCUT2D eigenvalue weighted by atomic mass is 9.76. The summed E-state index contributed by atoms with van der Waals surface area (Å²) in [6.45, 7) is 4.60. The molecule has 14 N–H and O–H groups in total. The number of rotatable bonds is 14. The maximum atomic E-state index is 13.0. The second-order valence-electron chi connectivity index (χ2n) is 11.8. The van der Waals surface area contributed by atoms with Gasteiger partial charge in [0.2, 0.25) is 6.29 Å². The van der Waals surface area contributed by atoms with Gasteiger partial charge >= 0.3 is 0 Å². The third-order valence-electron chi connectivity index (χ3n) is 8.17. The summed E-state index contributed by atoms with van der Waals surface area (Å²) in [5.41, 5.74) is 22.0. The van der Waals surface area contributed by atoms with E-state index >= 15 is 0 Å². The van der Waals surface area contributed by atoms with E-state index in [1.807, 2.05) is 13.0 Å². The number of Topliss-reactive ketones (excluding diaryl/α,β-unsaturated/α-hetero) is 1. The Balaban J connectivity index is 1.80. The number of aliphatic hydroxyl groups excluding tert-OH is 3. The topological polar surface area (TPSA) is 275 Å². The van der Waals surface area contributed by atoms with Crippen LogP contribution < -0.4 is 33.6 Å². The number of ketones is 1. The summed E-state index contributed by atoms with van der Waals surface area (Å²) in [5, 5.41) is 49.8. The SMILES string of the molecule is CCNCC1=CC[C@@H](N)[C@@H](OC2[C@@H](N)C[C@@H](CC(=O)[C@@H](O)CCN=C(N)N)[C@H](O[C@H]3OC[C@](C)(O)[C@H](NC)[C@H]3O)[C@H]2O)O1. The first-order valence-electron chi connectivity index (χ1n) is 14.8. The molecule has 248 valence electrons. The number of hydrogen-bond donors (Lipinski definition) is 10. The molecule has 43 heavy (non-hydrogen) atoms. The molecule has 0 aromatic carbocycles. The van der Waals surface area contributed by atoms with Gasteiger partial charge in [-0.2, -0.15) is 0 Å². The van der Waals surface area contributed by atoms with Gasteiger partial charge in [0.15, 0.2) is 18.0 Å². The Hall–Kier alpha value is -1.96. The van der Waals surface area contributed by atoms with Gasteiger partial charge in [-0.3, -0.25) is 9.79 Å². The molecule has 1 unspecified atom stereocenters. The van der Waals surface area contributed by atoms with Crippen molar-refractivity contribution in [1.82, 2.24) is 10.6 Å². The Morgan fingerprint density at radius 1 is 1.19 bits per heavy atom. The third-order valence-corrected chi connectivity index (χ3v) is 8.17. The monoisotopic (exact) mass is 617 g/mol. The van der Waals surface area contributed by atoms with E-state index < -0.39 is 78.5 Å². The highest BCUT2D eigenvalue weighted by Crippen LogP contribution is 2.36. The second-order valence-corrected chi connectivity index (χ2v) is 11.8. The van der Waals surface area contributed by atoms with Gasteiger partial charge in [0.1, 0.15) is 35.8 Å². The summed E-state index contributed by atoms with van der Waals surface area (Å²) in [7, 11) is 1.58. The Labute approximate surface area is 252 Å². The summed E-state index contributed by atoms with van der Waals surface area (Å²) in [6.07, 6.45) is -6.04. The molecule has 2 fully saturated rings. The average Bonchev–Trinajstić information content (AvgIpc) is 2.94. The van der Waals surface area contributed by atoms with Gasteiger partial charge in [-0.05, 0) is 45.4 Å². The quantitative estimate of drug-likeness (QED) is 0.0658. The summed E-state index contributed by atoms with van der Waals surface area (Å²) in [4.78, 5) is 16.8. The van der Waals surface area contributed by atoms with Crippen molar-refractivity contribution in [2.24, 2.45) is 33.8 Å². The summed E-state index contributed by atoms with van der Waals surface area (Å²) in [5.74, 6) is -0.703. The number of ether oxygens (including phenoxy) is 4. The largest absolute Gasteiger partial charge is 0.467 e. The van der Waals surface area contributed by atoms with Crippen molar-refractivity contribution in [3.8, 4) is 0 Å². The number of hydrogen-bond acceptors (Lipinski definition) is 14. The van der Waals surface area contributed by atoms with Crippen molar-refractivity contribution in [3.05, 3.63) is 11.8 Å². The number of guanidine groups is 1. The van der Waals surface area contributed by atoms with Gasteiger partial charge in [-0.25, -0.2) is 0 Å². The molecule has 0 aromatic rings. The van der Waals surface area contributed by atoms with Crippen LogP contribution in [0.3, 0.4) is 0 Å². The van der Waals surface area contributed by atoms with Crippen molar-refractivity contribution in [2.45, 2.75) is 106 Å². The number of aliphatic imine (C=N–C) groups is 1. The zero-order valence-corrected chi connectivity index (χ0v) is 25.2. The number of carbonyl (C=O) groups excluding carboxylic acids is 1. The Morgan fingerprint density at radius 3 is 2.53 bits per heavy atom. The fraction of sp³-hybridized carbons (Fsp3) is 0.852.